The fourth-order valence-electron chi connectivity index (χ4n) is 2.13. The Morgan fingerprint density at radius 1 is 1.20 bits per heavy atom. The molecule has 1 aromatic carbocycles. The van der Waals surface area contributed by atoms with Crippen molar-refractivity contribution >= 4 is 5.97 Å². The topological polar surface area (TPSA) is 81.8 Å². The van der Waals surface area contributed by atoms with Crippen LogP contribution in [0.25, 0.3) is 11.5 Å². The predicted molar refractivity (Wildman–Crippen MR) is 69.4 cm³/mol. The van der Waals surface area contributed by atoms with Gasteiger partial charge in [0, 0.05) is 5.56 Å². The summed E-state index contributed by atoms with van der Waals surface area (Å²) in [6.45, 7) is 4.49. The first-order valence-electron chi connectivity index (χ1n) is 6.17. The van der Waals surface area contributed by atoms with Gasteiger partial charge in [-0.25, -0.2) is 9.78 Å². The number of carbonyl (C=O) groups is 1. The summed E-state index contributed by atoms with van der Waals surface area (Å²) in [5.74, 6) is 0.295. The highest BCUT2D eigenvalue weighted by Gasteiger charge is 2.21. The van der Waals surface area contributed by atoms with Crippen LogP contribution < -0.4 is 9.47 Å². The largest absolute Gasteiger partial charge is 0.486 e. The number of aryl methyl sites for hydroxylation is 2. The van der Waals surface area contributed by atoms with Crippen molar-refractivity contribution in [1.29, 1.82) is 0 Å². The number of rotatable bonds is 2. The predicted octanol–water partition coefficient (Wildman–Crippen LogP) is 2.43. The van der Waals surface area contributed by atoms with Crippen LogP contribution in [-0.2, 0) is 0 Å². The van der Waals surface area contributed by atoms with E-state index >= 15 is 0 Å². The van der Waals surface area contributed by atoms with Gasteiger partial charge in [0.25, 0.3) is 0 Å². The maximum atomic E-state index is 11.0. The number of nitrogens with zero attached hydrogens (tertiary/aromatic N) is 1. The van der Waals surface area contributed by atoms with Crippen LogP contribution in [0.4, 0.5) is 0 Å². The second kappa shape index (κ2) is 4.56. The Balaban J connectivity index is 2.10. The number of ether oxygens (including phenoxy) is 2. The van der Waals surface area contributed by atoms with E-state index < -0.39 is 5.97 Å². The number of benzene rings is 1. The molecule has 3 rings (SSSR count). The highest BCUT2D eigenvalue weighted by molar-refractivity contribution is 5.86. The molecule has 0 aliphatic carbocycles. The molecular weight excluding hydrogens is 262 g/mol. The standard InChI is InChI=1S/C14H13NO5/c1-7-5-10-11(19-4-3-18-10)6-9(7)13-15-8(2)12(20-13)14(16)17/h5-6H,3-4H2,1-2H3,(H,16,17). The van der Waals surface area contributed by atoms with Gasteiger partial charge in [-0.1, -0.05) is 0 Å². The lowest BCUT2D eigenvalue weighted by Crippen LogP contribution is -2.15. The van der Waals surface area contributed by atoms with Crippen molar-refractivity contribution in [3.63, 3.8) is 0 Å². The van der Waals surface area contributed by atoms with Crippen molar-refractivity contribution in [3.05, 3.63) is 29.2 Å². The smallest absolute Gasteiger partial charge is 0.373 e. The molecule has 1 N–H and O–H groups in total. The quantitative estimate of drug-likeness (QED) is 0.906. The first-order valence-corrected chi connectivity index (χ1v) is 6.17. The van der Waals surface area contributed by atoms with Crippen LogP contribution in [-0.4, -0.2) is 29.3 Å². The van der Waals surface area contributed by atoms with Gasteiger partial charge in [-0.15, -0.1) is 0 Å². The Labute approximate surface area is 115 Å². The molecule has 0 bridgehead atoms. The second-order valence-electron chi connectivity index (χ2n) is 4.55. The SMILES string of the molecule is Cc1cc2c(cc1-c1nc(C)c(C(=O)O)o1)OCCO2. The molecule has 0 saturated heterocycles. The Morgan fingerprint density at radius 3 is 2.45 bits per heavy atom. The Morgan fingerprint density at radius 2 is 1.85 bits per heavy atom. The van der Waals surface area contributed by atoms with Crippen molar-refractivity contribution < 1.29 is 23.8 Å². The average Bonchev–Trinajstić information content (AvgIpc) is 2.80. The molecule has 1 aliphatic rings. The molecule has 0 saturated carbocycles. The number of fused-ring (bicyclic) bond motifs is 1. The normalized spacial score (nSPS) is 13.3. The van der Waals surface area contributed by atoms with Gasteiger partial charge in [-0.05, 0) is 31.5 Å². The molecule has 2 heterocycles. The summed E-state index contributed by atoms with van der Waals surface area (Å²) in [6.07, 6.45) is 0. The third kappa shape index (κ3) is 1.99. The highest BCUT2D eigenvalue weighted by atomic mass is 16.6. The Bertz CT molecular complexity index is 689. The molecule has 0 fully saturated rings. The van der Waals surface area contributed by atoms with Crippen molar-refractivity contribution in [2.24, 2.45) is 0 Å². The van der Waals surface area contributed by atoms with E-state index in [9.17, 15) is 4.79 Å². The molecular formula is C14H13NO5. The minimum Gasteiger partial charge on any atom is -0.486 e. The van der Waals surface area contributed by atoms with Crippen LogP contribution >= 0.6 is 0 Å². The molecule has 1 aliphatic heterocycles. The van der Waals surface area contributed by atoms with Gasteiger partial charge >= 0.3 is 5.97 Å². The lowest BCUT2D eigenvalue weighted by molar-refractivity contribution is 0.0662. The van der Waals surface area contributed by atoms with Crippen LogP contribution in [0.3, 0.4) is 0 Å². The Kier molecular flexibility index (Phi) is 2.85. The number of hydrogen-bond acceptors (Lipinski definition) is 5. The Hall–Kier alpha value is -2.50. The summed E-state index contributed by atoms with van der Waals surface area (Å²) >= 11 is 0. The van der Waals surface area contributed by atoms with E-state index in [1.54, 1.807) is 13.0 Å². The fraction of sp³-hybridized carbons (Fsp3) is 0.286. The number of carboxylic acid groups (broad SMARTS) is 1. The van der Waals surface area contributed by atoms with Gasteiger partial charge in [0.2, 0.25) is 11.7 Å². The van der Waals surface area contributed by atoms with Gasteiger partial charge < -0.3 is 19.0 Å². The van der Waals surface area contributed by atoms with Gasteiger partial charge in [0.1, 0.15) is 13.2 Å². The summed E-state index contributed by atoms with van der Waals surface area (Å²) < 4.78 is 16.3. The van der Waals surface area contributed by atoms with E-state index in [1.165, 1.54) is 0 Å². The van der Waals surface area contributed by atoms with Gasteiger partial charge in [0.15, 0.2) is 11.5 Å². The molecule has 6 heteroatoms. The number of aromatic carboxylic acids is 1. The molecule has 2 aromatic rings. The molecule has 0 unspecified atom stereocenters. The third-order valence-corrected chi connectivity index (χ3v) is 3.11. The zero-order valence-electron chi connectivity index (χ0n) is 11.1. The van der Waals surface area contributed by atoms with Crippen molar-refractivity contribution in [2.75, 3.05) is 13.2 Å². The van der Waals surface area contributed by atoms with Gasteiger partial charge in [-0.3, -0.25) is 0 Å². The first kappa shape index (κ1) is 12.5. The van der Waals surface area contributed by atoms with Crippen molar-refractivity contribution in [3.8, 4) is 23.0 Å². The fourth-order valence-corrected chi connectivity index (χ4v) is 2.13. The second-order valence-corrected chi connectivity index (χ2v) is 4.55. The third-order valence-electron chi connectivity index (χ3n) is 3.11. The number of carboxylic acids is 1. The molecule has 104 valence electrons. The van der Waals surface area contributed by atoms with Crippen LogP contribution in [0.5, 0.6) is 11.5 Å². The molecule has 0 atom stereocenters. The average molecular weight is 275 g/mol. The van der Waals surface area contributed by atoms with Crippen LogP contribution in [0.15, 0.2) is 16.5 Å². The first-order chi connectivity index (χ1) is 9.56. The van der Waals surface area contributed by atoms with E-state index in [0.29, 0.717) is 36.0 Å². The minimum absolute atomic E-state index is 0.144. The zero-order valence-corrected chi connectivity index (χ0v) is 11.1. The van der Waals surface area contributed by atoms with E-state index in [2.05, 4.69) is 4.98 Å². The minimum atomic E-state index is -1.13. The van der Waals surface area contributed by atoms with Crippen molar-refractivity contribution in [2.45, 2.75) is 13.8 Å². The van der Waals surface area contributed by atoms with Crippen molar-refractivity contribution in [1.82, 2.24) is 4.98 Å². The van der Waals surface area contributed by atoms with Crippen LogP contribution in [0, 0.1) is 13.8 Å². The van der Waals surface area contributed by atoms with Gasteiger partial charge in [0.05, 0.1) is 5.69 Å². The monoisotopic (exact) mass is 275 g/mol. The number of hydrogen-bond donors (Lipinski definition) is 1. The van der Waals surface area contributed by atoms with Gasteiger partial charge in [-0.2, -0.15) is 0 Å². The molecule has 6 nitrogen and oxygen atoms in total. The van der Waals surface area contributed by atoms with E-state index in [-0.39, 0.29) is 11.7 Å². The zero-order chi connectivity index (χ0) is 14.3. The summed E-state index contributed by atoms with van der Waals surface area (Å²) in [6, 6.07) is 3.60. The van der Waals surface area contributed by atoms with Crippen LogP contribution in [0.1, 0.15) is 21.8 Å². The molecule has 0 amide bonds. The summed E-state index contributed by atoms with van der Waals surface area (Å²) in [4.78, 5) is 15.2. The van der Waals surface area contributed by atoms with E-state index in [4.69, 9.17) is 19.0 Å². The van der Waals surface area contributed by atoms with E-state index in [1.807, 2.05) is 13.0 Å². The molecule has 1 aromatic heterocycles. The summed E-state index contributed by atoms with van der Waals surface area (Å²) in [5.41, 5.74) is 1.93. The molecule has 0 spiro atoms. The lowest BCUT2D eigenvalue weighted by atomic mass is 10.1. The maximum absolute atomic E-state index is 11.0. The summed E-state index contributed by atoms with van der Waals surface area (Å²) in [5, 5.41) is 9.01. The maximum Gasteiger partial charge on any atom is 0.373 e. The number of oxazole rings is 1. The number of aromatic nitrogens is 1. The molecule has 20 heavy (non-hydrogen) atoms. The van der Waals surface area contributed by atoms with E-state index in [0.717, 1.165) is 5.56 Å². The molecule has 0 radical (unpaired) electrons. The lowest BCUT2D eigenvalue weighted by Gasteiger charge is -2.19. The van der Waals surface area contributed by atoms with Crippen LogP contribution in [0.2, 0.25) is 0 Å². The summed E-state index contributed by atoms with van der Waals surface area (Å²) in [7, 11) is 0. The highest BCUT2D eigenvalue weighted by Crippen LogP contribution is 2.37.